The molecule has 0 unspecified atom stereocenters. The van der Waals surface area contributed by atoms with Crippen molar-refractivity contribution >= 4 is 16.9 Å². The summed E-state index contributed by atoms with van der Waals surface area (Å²) < 4.78 is 1.80. The third-order valence-corrected chi connectivity index (χ3v) is 5.41. The fraction of sp³-hybridized carbons (Fsp3) is 0.550. The zero-order valence-corrected chi connectivity index (χ0v) is 15.5. The van der Waals surface area contributed by atoms with Crippen molar-refractivity contribution in [1.29, 1.82) is 0 Å². The maximum Gasteiger partial charge on any atom is 0.254 e. The van der Waals surface area contributed by atoms with Gasteiger partial charge in [-0.1, -0.05) is 5.92 Å². The maximum atomic E-state index is 13.4. The van der Waals surface area contributed by atoms with Crippen LogP contribution in [0.25, 0.3) is 11.0 Å². The van der Waals surface area contributed by atoms with Gasteiger partial charge in [-0.25, -0.2) is 4.98 Å². The van der Waals surface area contributed by atoms with Crippen molar-refractivity contribution in [3.05, 3.63) is 23.0 Å². The van der Waals surface area contributed by atoms with Crippen LogP contribution in [0.3, 0.4) is 0 Å². The molecule has 6 nitrogen and oxygen atoms in total. The Bertz CT molecular complexity index is 890. The molecular weight excluding hydrogens is 326 g/mol. The fourth-order valence-corrected chi connectivity index (χ4v) is 3.85. The number of nitrogens with zero attached hydrogens (tertiary/aromatic N) is 5. The Morgan fingerprint density at radius 3 is 2.85 bits per heavy atom. The molecule has 0 aromatic carbocycles. The Balaban J connectivity index is 1.69. The van der Waals surface area contributed by atoms with E-state index in [0.29, 0.717) is 19.0 Å². The molecular formula is C20H25N5O. The molecule has 2 aromatic heterocycles. The number of fused-ring (bicyclic) bond motifs is 1. The van der Waals surface area contributed by atoms with Crippen molar-refractivity contribution in [3.63, 3.8) is 0 Å². The second-order valence-corrected chi connectivity index (χ2v) is 7.40. The standard InChI is InChI=1S/C20H25N5O/c1-4-8-24-9-5-10-25(12-11-24)20(26)16-13-17(15-6-7-15)21-19-18(16)14(2)22-23(19)3/h1,13,15H,5-12H2,2-3H3. The van der Waals surface area contributed by atoms with Crippen molar-refractivity contribution < 1.29 is 4.79 Å². The molecule has 3 heterocycles. The topological polar surface area (TPSA) is 54.3 Å². The lowest BCUT2D eigenvalue weighted by Crippen LogP contribution is -2.35. The maximum absolute atomic E-state index is 13.4. The highest BCUT2D eigenvalue weighted by molar-refractivity contribution is 6.06. The molecule has 6 heteroatoms. The lowest BCUT2D eigenvalue weighted by atomic mass is 10.1. The number of hydrogen-bond donors (Lipinski definition) is 0. The van der Waals surface area contributed by atoms with Crippen molar-refractivity contribution in [3.8, 4) is 12.3 Å². The number of carbonyl (C=O) groups is 1. The van der Waals surface area contributed by atoms with Gasteiger partial charge in [0.25, 0.3) is 5.91 Å². The highest BCUT2D eigenvalue weighted by atomic mass is 16.2. The number of rotatable bonds is 3. The van der Waals surface area contributed by atoms with E-state index in [9.17, 15) is 4.79 Å². The molecule has 4 rings (SSSR count). The number of aromatic nitrogens is 3. The van der Waals surface area contributed by atoms with Gasteiger partial charge in [0.2, 0.25) is 0 Å². The van der Waals surface area contributed by atoms with Crippen LogP contribution in [0.2, 0.25) is 0 Å². The molecule has 1 aliphatic carbocycles. The van der Waals surface area contributed by atoms with Crippen LogP contribution in [0.15, 0.2) is 6.07 Å². The van der Waals surface area contributed by atoms with Gasteiger partial charge in [0.15, 0.2) is 5.65 Å². The van der Waals surface area contributed by atoms with E-state index in [0.717, 1.165) is 66.9 Å². The van der Waals surface area contributed by atoms with Crippen LogP contribution in [-0.2, 0) is 7.05 Å². The van der Waals surface area contributed by atoms with Crippen LogP contribution in [-0.4, -0.2) is 63.2 Å². The summed E-state index contributed by atoms with van der Waals surface area (Å²) in [6.45, 7) is 5.85. The molecule has 2 aliphatic rings. The Morgan fingerprint density at radius 2 is 2.12 bits per heavy atom. The zero-order chi connectivity index (χ0) is 18.3. The van der Waals surface area contributed by atoms with E-state index in [1.54, 1.807) is 4.68 Å². The lowest BCUT2D eigenvalue weighted by Gasteiger charge is -2.22. The van der Waals surface area contributed by atoms with Crippen molar-refractivity contribution in [2.45, 2.75) is 32.1 Å². The Hall–Kier alpha value is -2.39. The largest absolute Gasteiger partial charge is 0.337 e. The minimum Gasteiger partial charge on any atom is -0.337 e. The monoisotopic (exact) mass is 351 g/mol. The van der Waals surface area contributed by atoms with Gasteiger partial charge in [0, 0.05) is 44.8 Å². The summed E-state index contributed by atoms with van der Waals surface area (Å²) in [5, 5.41) is 5.40. The van der Waals surface area contributed by atoms with Gasteiger partial charge in [-0.2, -0.15) is 5.10 Å². The average molecular weight is 351 g/mol. The zero-order valence-electron chi connectivity index (χ0n) is 15.5. The highest BCUT2D eigenvalue weighted by Crippen LogP contribution is 2.40. The summed E-state index contributed by atoms with van der Waals surface area (Å²) in [7, 11) is 1.90. The molecule has 0 radical (unpaired) electrons. The molecule has 1 amide bonds. The molecule has 136 valence electrons. The number of carbonyl (C=O) groups excluding carboxylic acids is 1. The van der Waals surface area contributed by atoms with Crippen molar-refractivity contribution in [1.82, 2.24) is 24.6 Å². The van der Waals surface area contributed by atoms with Gasteiger partial charge in [-0.05, 0) is 32.3 Å². The van der Waals surface area contributed by atoms with E-state index in [4.69, 9.17) is 11.4 Å². The summed E-state index contributed by atoms with van der Waals surface area (Å²) in [5.41, 5.74) is 3.48. The number of hydrogen-bond acceptors (Lipinski definition) is 4. The molecule has 1 saturated carbocycles. The third kappa shape index (κ3) is 3.08. The molecule has 2 fully saturated rings. The number of amides is 1. The van der Waals surface area contributed by atoms with Crippen LogP contribution < -0.4 is 0 Å². The first-order chi connectivity index (χ1) is 12.6. The van der Waals surface area contributed by atoms with Gasteiger partial charge in [0.1, 0.15) is 0 Å². The van der Waals surface area contributed by atoms with Gasteiger partial charge < -0.3 is 4.90 Å². The smallest absolute Gasteiger partial charge is 0.254 e. The summed E-state index contributed by atoms with van der Waals surface area (Å²) in [5.74, 6) is 3.30. The summed E-state index contributed by atoms with van der Waals surface area (Å²) in [4.78, 5) is 22.4. The van der Waals surface area contributed by atoms with Gasteiger partial charge in [0.05, 0.1) is 23.2 Å². The number of pyridine rings is 1. The Labute approximate surface area is 154 Å². The summed E-state index contributed by atoms with van der Waals surface area (Å²) in [6, 6.07) is 2.01. The first kappa shape index (κ1) is 17.0. The molecule has 26 heavy (non-hydrogen) atoms. The summed E-state index contributed by atoms with van der Waals surface area (Å²) >= 11 is 0. The van der Waals surface area contributed by atoms with E-state index < -0.39 is 0 Å². The van der Waals surface area contributed by atoms with Gasteiger partial charge in [-0.15, -0.1) is 6.42 Å². The highest BCUT2D eigenvalue weighted by Gasteiger charge is 2.30. The molecule has 0 N–H and O–H groups in total. The molecule has 0 atom stereocenters. The summed E-state index contributed by atoms with van der Waals surface area (Å²) in [6.07, 6.45) is 8.71. The first-order valence-electron chi connectivity index (χ1n) is 9.38. The van der Waals surface area contributed by atoms with E-state index in [1.165, 1.54) is 0 Å². The molecule has 2 aromatic rings. The second kappa shape index (κ2) is 6.73. The Morgan fingerprint density at radius 1 is 1.31 bits per heavy atom. The van der Waals surface area contributed by atoms with Crippen LogP contribution >= 0.6 is 0 Å². The average Bonchev–Trinajstić information content (AvgIpc) is 3.44. The van der Waals surface area contributed by atoms with E-state index >= 15 is 0 Å². The quantitative estimate of drug-likeness (QED) is 0.793. The van der Waals surface area contributed by atoms with E-state index in [2.05, 4.69) is 15.9 Å². The normalized spacial score (nSPS) is 18.7. The number of terminal acetylenes is 1. The third-order valence-electron chi connectivity index (χ3n) is 5.41. The first-order valence-corrected chi connectivity index (χ1v) is 9.38. The molecule has 1 saturated heterocycles. The second-order valence-electron chi connectivity index (χ2n) is 7.40. The number of aryl methyl sites for hydroxylation is 2. The molecule has 1 aliphatic heterocycles. The minimum atomic E-state index is 0.0953. The van der Waals surface area contributed by atoms with Crippen LogP contribution in [0.5, 0.6) is 0 Å². The van der Waals surface area contributed by atoms with E-state index in [1.807, 2.05) is 24.9 Å². The van der Waals surface area contributed by atoms with Gasteiger partial charge >= 0.3 is 0 Å². The predicted molar refractivity (Wildman–Crippen MR) is 101 cm³/mol. The van der Waals surface area contributed by atoms with Gasteiger partial charge in [-0.3, -0.25) is 14.4 Å². The SMILES string of the molecule is C#CCN1CCCN(C(=O)c2cc(C3CC3)nc3c2c(C)nn3C)CC1. The predicted octanol–water partition coefficient (Wildman–Crippen LogP) is 1.94. The minimum absolute atomic E-state index is 0.0953. The van der Waals surface area contributed by atoms with Crippen LogP contribution in [0.4, 0.5) is 0 Å². The Kier molecular flexibility index (Phi) is 4.41. The lowest BCUT2D eigenvalue weighted by molar-refractivity contribution is 0.0764. The van der Waals surface area contributed by atoms with Crippen molar-refractivity contribution in [2.75, 3.05) is 32.7 Å². The molecule has 0 spiro atoms. The van der Waals surface area contributed by atoms with Crippen LogP contribution in [0, 0.1) is 19.3 Å². The fourth-order valence-electron chi connectivity index (χ4n) is 3.85. The van der Waals surface area contributed by atoms with Crippen LogP contribution in [0.1, 0.15) is 46.9 Å². The van der Waals surface area contributed by atoms with E-state index in [-0.39, 0.29) is 5.91 Å². The van der Waals surface area contributed by atoms with Crippen molar-refractivity contribution in [2.24, 2.45) is 7.05 Å². The molecule has 0 bridgehead atoms.